The van der Waals surface area contributed by atoms with E-state index in [1.54, 1.807) is 0 Å². The number of esters is 2. The number of carbonyl (C=O) groups is 2. The van der Waals surface area contributed by atoms with Gasteiger partial charge in [0.25, 0.3) is 0 Å². The molecule has 2 unspecified atom stereocenters. The maximum Gasteiger partial charge on any atom is 0.472 e. The van der Waals surface area contributed by atoms with Crippen molar-refractivity contribution in [1.29, 1.82) is 0 Å². The Morgan fingerprint density at radius 1 is 0.372 bits per heavy atom. The number of hydrogen-bond donors (Lipinski definition) is 1. The summed E-state index contributed by atoms with van der Waals surface area (Å²) in [5.41, 5.74) is 0. The van der Waals surface area contributed by atoms with E-state index in [9.17, 15) is 19.0 Å². The van der Waals surface area contributed by atoms with Crippen molar-refractivity contribution in [3.05, 3.63) is 60.8 Å². The van der Waals surface area contributed by atoms with Gasteiger partial charge in [-0.15, -0.1) is 0 Å². The van der Waals surface area contributed by atoms with Gasteiger partial charge in [-0.2, -0.15) is 0 Å². The third-order valence-corrected chi connectivity index (χ3v) is 17.5. The van der Waals surface area contributed by atoms with Crippen molar-refractivity contribution < 1.29 is 42.1 Å². The summed E-state index contributed by atoms with van der Waals surface area (Å²) in [5, 5.41) is 0. The number of phosphoric acid groups is 1. The Labute approximate surface area is 534 Å². The molecule has 86 heavy (non-hydrogen) atoms. The van der Waals surface area contributed by atoms with Crippen LogP contribution in [0.15, 0.2) is 60.8 Å². The predicted octanol–water partition coefficient (Wildman–Crippen LogP) is 24.2. The number of quaternary nitrogens is 1. The maximum absolute atomic E-state index is 12.9. The maximum atomic E-state index is 12.9. The molecule has 2 atom stereocenters. The quantitative estimate of drug-likeness (QED) is 0.0211. The van der Waals surface area contributed by atoms with Gasteiger partial charge in [0.2, 0.25) is 0 Å². The SMILES string of the molecule is CC/C=C\C/C=C\C/C=C\C/C=C\C/C=C\CCCCCCCCCCCCCCCCCC(=O)OC(COC(=O)CCCCCCCCCCCCCCCCCCCCCCCCCCCCCCCCC)COP(=O)(O)OCC[N+](C)(C)C. The highest BCUT2D eigenvalue weighted by molar-refractivity contribution is 7.47. The molecule has 0 bridgehead atoms. The Kier molecular flexibility index (Phi) is 65.3. The number of ether oxygens (including phenoxy) is 2. The number of rotatable bonds is 69. The molecule has 9 nitrogen and oxygen atoms in total. The summed E-state index contributed by atoms with van der Waals surface area (Å²) in [7, 11) is 1.49. The van der Waals surface area contributed by atoms with Gasteiger partial charge in [0, 0.05) is 12.8 Å². The van der Waals surface area contributed by atoms with Gasteiger partial charge in [0.15, 0.2) is 6.10 Å². The van der Waals surface area contributed by atoms with Crippen molar-refractivity contribution in [2.45, 2.75) is 367 Å². The van der Waals surface area contributed by atoms with Gasteiger partial charge in [0.05, 0.1) is 27.7 Å². The summed E-state index contributed by atoms with van der Waals surface area (Å²) < 4.78 is 34.8. The minimum atomic E-state index is -4.39. The molecule has 0 fully saturated rings. The molecule has 10 heteroatoms. The molecule has 0 aromatic rings. The fourth-order valence-corrected chi connectivity index (χ4v) is 11.7. The average Bonchev–Trinajstić information content (AvgIpc) is 3.56. The summed E-state index contributed by atoms with van der Waals surface area (Å²) in [6.45, 7) is 4.39. The van der Waals surface area contributed by atoms with Gasteiger partial charge in [-0.1, -0.05) is 351 Å². The van der Waals surface area contributed by atoms with Crippen LogP contribution in [-0.2, 0) is 32.7 Å². The third kappa shape index (κ3) is 70.8. The van der Waals surface area contributed by atoms with Crippen molar-refractivity contribution in [2.24, 2.45) is 0 Å². The molecule has 0 aliphatic heterocycles. The van der Waals surface area contributed by atoms with E-state index in [1.165, 1.54) is 263 Å². The second-order valence-corrected chi connectivity index (χ2v) is 27.8. The van der Waals surface area contributed by atoms with Gasteiger partial charge in [-0.3, -0.25) is 18.6 Å². The lowest BCUT2D eigenvalue weighted by Gasteiger charge is -2.24. The lowest BCUT2D eigenvalue weighted by molar-refractivity contribution is -0.870. The van der Waals surface area contributed by atoms with Gasteiger partial charge in [-0.05, 0) is 57.8 Å². The number of phosphoric ester groups is 1. The number of carbonyl (C=O) groups excluding carboxylic acids is 2. The molecule has 0 radical (unpaired) electrons. The lowest BCUT2D eigenvalue weighted by atomic mass is 10.0. The molecule has 0 spiro atoms. The van der Waals surface area contributed by atoms with E-state index in [0.717, 1.165) is 64.2 Å². The first kappa shape index (κ1) is 83.7. The Morgan fingerprint density at radius 2 is 0.663 bits per heavy atom. The normalized spacial score (nSPS) is 13.4. The number of hydrogen-bond acceptors (Lipinski definition) is 7. The zero-order chi connectivity index (χ0) is 62.6. The van der Waals surface area contributed by atoms with Gasteiger partial charge >= 0.3 is 19.8 Å². The second kappa shape index (κ2) is 67.1. The molecule has 0 saturated heterocycles. The van der Waals surface area contributed by atoms with E-state index in [-0.39, 0.29) is 25.6 Å². The van der Waals surface area contributed by atoms with Crippen LogP contribution in [-0.4, -0.2) is 74.9 Å². The first-order chi connectivity index (χ1) is 42.0. The molecular weight excluding hydrogens is 1090 g/mol. The zero-order valence-corrected chi connectivity index (χ0v) is 58.5. The molecule has 504 valence electrons. The molecule has 0 aromatic heterocycles. The molecule has 0 aliphatic rings. The summed E-state index contributed by atoms with van der Waals surface area (Å²) in [4.78, 5) is 35.9. The first-order valence-electron chi connectivity index (χ1n) is 37.0. The number of unbranched alkanes of at least 4 members (excludes halogenated alkanes) is 45. The van der Waals surface area contributed by atoms with Crippen molar-refractivity contribution in [2.75, 3.05) is 47.5 Å². The summed E-state index contributed by atoms with van der Waals surface area (Å²) >= 11 is 0. The smallest absolute Gasteiger partial charge is 0.462 e. The van der Waals surface area contributed by atoms with Crippen LogP contribution in [0.1, 0.15) is 361 Å². The van der Waals surface area contributed by atoms with Crippen LogP contribution in [0.5, 0.6) is 0 Å². The van der Waals surface area contributed by atoms with E-state index < -0.39 is 26.5 Å². The molecule has 0 heterocycles. The van der Waals surface area contributed by atoms with Crippen LogP contribution < -0.4 is 0 Å². The monoisotopic (exact) mass is 1230 g/mol. The number of likely N-dealkylation sites (N-methyl/N-ethyl adjacent to an activating group) is 1. The second-order valence-electron chi connectivity index (χ2n) is 26.3. The Balaban J connectivity index is 3.98. The van der Waals surface area contributed by atoms with Crippen molar-refractivity contribution in [3.8, 4) is 0 Å². The van der Waals surface area contributed by atoms with Crippen molar-refractivity contribution in [3.63, 3.8) is 0 Å². The van der Waals surface area contributed by atoms with Crippen LogP contribution in [0, 0.1) is 0 Å². The first-order valence-corrected chi connectivity index (χ1v) is 38.5. The Bertz CT molecular complexity index is 1630. The summed E-state index contributed by atoms with van der Waals surface area (Å²) in [5.74, 6) is -0.779. The molecule has 1 N–H and O–H groups in total. The van der Waals surface area contributed by atoms with E-state index in [1.807, 2.05) is 21.1 Å². The van der Waals surface area contributed by atoms with Crippen LogP contribution >= 0.6 is 7.82 Å². The zero-order valence-electron chi connectivity index (χ0n) is 57.6. The highest BCUT2D eigenvalue weighted by Crippen LogP contribution is 2.43. The third-order valence-electron chi connectivity index (χ3n) is 16.6. The van der Waals surface area contributed by atoms with Crippen LogP contribution in [0.2, 0.25) is 0 Å². The molecular formula is C76H143NO8P+. The van der Waals surface area contributed by atoms with Crippen LogP contribution in [0.25, 0.3) is 0 Å². The fourth-order valence-electron chi connectivity index (χ4n) is 10.9. The largest absolute Gasteiger partial charge is 0.472 e. The minimum absolute atomic E-state index is 0.0328. The van der Waals surface area contributed by atoms with Crippen molar-refractivity contribution in [1.82, 2.24) is 0 Å². The van der Waals surface area contributed by atoms with Gasteiger partial charge in [0.1, 0.15) is 19.8 Å². The molecule has 0 aliphatic carbocycles. The predicted molar refractivity (Wildman–Crippen MR) is 372 cm³/mol. The average molecular weight is 1230 g/mol. The van der Waals surface area contributed by atoms with Crippen LogP contribution in [0.4, 0.5) is 0 Å². The molecule has 0 rings (SSSR count). The summed E-state index contributed by atoms with van der Waals surface area (Å²) in [6.07, 6.45) is 89.2. The highest BCUT2D eigenvalue weighted by atomic mass is 31.2. The van der Waals surface area contributed by atoms with Crippen LogP contribution in [0.3, 0.4) is 0 Å². The number of allylic oxidation sites excluding steroid dienone is 10. The van der Waals surface area contributed by atoms with E-state index >= 15 is 0 Å². The summed E-state index contributed by atoms with van der Waals surface area (Å²) in [6, 6.07) is 0. The highest BCUT2D eigenvalue weighted by Gasteiger charge is 2.27. The fraction of sp³-hybridized carbons (Fsp3) is 0.842. The molecule has 0 saturated carbocycles. The standard InChI is InChI=1S/C76H142NO8P/c1-6-8-10-12-14-16-18-20-22-24-26-28-30-32-34-36-38-40-42-44-46-48-50-52-54-56-58-60-62-64-66-68-75(78)82-72-74(73-84-86(80,81)83-71-70-77(3,4)5)85-76(79)69-67-65-63-61-59-57-55-53-51-49-47-45-43-41-39-37-35-33-31-29-27-25-23-21-19-17-15-13-11-9-7-2/h9,11,15,17,21,23,27,29,33,35,74H,6-8,10,12-14,16,18-20,22,24-26,28,30-32,34,36-73H2,1-5H3/p+1/b11-9-,17-15-,23-21-,29-27-,35-33-. The van der Waals surface area contributed by atoms with Gasteiger partial charge in [-0.25, -0.2) is 4.57 Å². The van der Waals surface area contributed by atoms with E-state index in [0.29, 0.717) is 23.9 Å². The Hall–Kier alpha value is -2.29. The van der Waals surface area contributed by atoms with E-state index in [4.69, 9.17) is 18.5 Å². The van der Waals surface area contributed by atoms with Gasteiger partial charge < -0.3 is 18.9 Å². The Morgan fingerprint density at radius 3 is 0.988 bits per heavy atom. The molecule has 0 aromatic carbocycles. The minimum Gasteiger partial charge on any atom is -0.462 e. The van der Waals surface area contributed by atoms with Crippen molar-refractivity contribution >= 4 is 19.8 Å². The topological polar surface area (TPSA) is 108 Å². The lowest BCUT2D eigenvalue weighted by Crippen LogP contribution is -2.37. The number of nitrogens with zero attached hydrogens (tertiary/aromatic N) is 1. The molecule has 0 amide bonds. The van der Waals surface area contributed by atoms with E-state index in [2.05, 4.69) is 74.6 Å².